The van der Waals surface area contributed by atoms with Gasteiger partial charge in [-0.1, -0.05) is 6.07 Å². The molecule has 2 rings (SSSR count). The highest BCUT2D eigenvalue weighted by atomic mass is 32.2. The first-order chi connectivity index (χ1) is 10.5. The molecular weight excluding hydrogens is 306 g/mol. The molecule has 1 heterocycles. The number of sulfonamides is 1. The lowest BCUT2D eigenvalue weighted by atomic mass is 10.2. The third-order valence-corrected chi connectivity index (χ3v) is 4.85. The number of amides is 1. The van der Waals surface area contributed by atoms with Crippen molar-refractivity contribution in [2.45, 2.75) is 4.90 Å². The van der Waals surface area contributed by atoms with E-state index in [1.54, 1.807) is 17.0 Å². The van der Waals surface area contributed by atoms with Crippen molar-refractivity contribution < 1.29 is 17.9 Å². The molecule has 1 aliphatic rings. The number of hydrogen-bond acceptors (Lipinski definition) is 5. The van der Waals surface area contributed by atoms with Gasteiger partial charge < -0.3 is 15.0 Å². The van der Waals surface area contributed by atoms with E-state index in [1.807, 2.05) is 0 Å². The van der Waals surface area contributed by atoms with Crippen LogP contribution in [-0.4, -0.2) is 65.7 Å². The maximum absolute atomic E-state index is 12.4. The van der Waals surface area contributed by atoms with Gasteiger partial charge in [0.05, 0.1) is 11.5 Å². The van der Waals surface area contributed by atoms with Crippen LogP contribution in [0.5, 0.6) is 0 Å². The fraction of sp³-hybridized carbons (Fsp3) is 0.500. The van der Waals surface area contributed by atoms with Crippen LogP contribution in [0, 0.1) is 0 Å². The molecule has 22 heavy (non-hydrogen) atoms. The third kappa shape index (κ3) is 4.26. The highest BCUT2D eigenvalue weighted by Crippen LogP contribution is 2.13. The maximum atomic E-state index is 12.4. The van der Waals surface area contributed by atoms with Gasteiger partial charge in [-0.2, -0.15) is 0 Å². The average Bonchev–Trinajstić information content (AvgIpc) is 2.55. The van der Waals surface area contributed by atoms with Crippen molar-refractivity contribution >= 4 is 15.9 Å². The van der Waals surface area contributed by atoms with Crippen molar-refractivity contribution in [3.05, 3.63) is 29.8 Å². The molecule has 0 unspecified atom stereocenters. The van der Waals surface area contributed by atoms with E-state index < -0.39 is 10.0 Å². The first-order valence-electron chi connectivity index (χ1n) is 7.13. The maximum Gasteiger partial charge on any atom is 0.253 e. The molecule has 0 aromatic heterocycles. The summed E-state index contributed by atoms with van der Waals surface area (Å²) in [5.41, 5.74) is 0.386. The summed E-state index contributed by atoms with van der Waals surface area (Å²) in [7, 11) is -2.13. The minimum absolute atomic E-state index is 0.0876. The fourth-order valence-corrected chi connectivity index (χ4v) is 3.27. The number of methoxy groups -OCH3 is 1. The highest BCUT2D eigenvalue weighted by molar-refractivity contribution is 7.89. The molecule has 7 nitrogen and oxygen atoms in total. The van der Waals surface area contributed by atoms with Crippen LogP contribution in [0.4, 0.5) is 0 Å². The van der Waals surface area contributed by atoms with Gasteiger partial charge in [0, 0.05) is 45.4 Å². The fourth-order valence-electron chi connectivity index (χ4n) is 2.21. The summed E-state index contributed by atoms with van der Waals surface area (Å²) in [6.45, 7) is 3.24. The Labute approximate surface area is 130 Å². The molecule has 0 saturated carbocycles. The zero-order chi connectivity index (χ0) is 16.0. The third-order valence-electron chi connectivity index (χ3n) is 3.39. The van der Waals surface area contributed by atoms with E-state index in [2.05, 4.69) is 10.0 Å². The lowest BCUT2D eigenvalue weighted by Gasteiger charge is -2.27. The average molecular weight is 327 g/mol. The summed E-state index contributed by atoms with van der Waals surface area (Å²) >= 11 is 0. The minimum atomic E-state index is -3.63. The van der Waals surface area contributed by atoms with E-state index in [0.29, 0.717) is 25.3 Å². The van der Waals surface area contributed by atoms with Crippen LogP contribution >= 0.6 is 0 Å². The molecule has 122 valence electrons. The van der Waals surface area contributed by atoms with Gasteiger partial charge in [-0.05, 0) is 18.2 Å². The van der Waals surface area contributed by atoms with E-state index >= 15 is 0 Å². The Morgan fingerprint density at radius 2 is 2.09 bits per heavy atom. The Hall–Kier alpha value is -1.48. The number of carbonyl (C=O) groups is 1. The number of rotatable bonds is 6. The molecule has 2 N–H and O–H groups in total. The number of benzene rings is 1. The lowest BCUT2D eigenvalue weighted by molar-refractivity contribution is 0.0735. The van der Waals surface area contributed by atoms with E-state index in [0.717, 1.165) is 13.1 Å². The Kier molecular flexibility index (Phi) is 5.90. The van der Waals surface area contributed by atoms with Gasteiger partial charge in [-0.3, -0.25) is 4.79 Å². The summed E-state index contributed by atoms with van der Waals surface area (Å²) in [4.78, 5) is 14.2. The minimum Gasteiger partial charge on any atom is -0.383 e. The number of nitrogens with one attached hydrogen (secondary N) is 2. The van der Waals surface area contributed by atoms with Gasteiger partial charge in [-0.25, -0.2) is 13.1 Å². The molecule has 1 saturated heterocycles. The highest BCUT2D eigenvalue weighted by Gasteiger charge is 2.20. The zero-order valence-corrected chi connectivity index (χ0v) is 13.4. The second-order valence-electron chi connectivity index (χ2n) is 4.96. The number of nitrogens with zero attached hydrogens (tertiary/aromatic N) is 1. The first-order valence-corrected chi connectivity index (χ1v) is 8.61. The van der Waals surface area contributed by atoms with Gasteiger partial charge in [0.15, 0.2) is 0 Å². The molecular formula is C14H21N3O4S. The van der Waals surface area contributed by atoms with Crippen LogP contribution < -0.4 is 10.0 Å². The van der Waals surface area contributed by atoms with Gasteiger partial charge in [0.1, 0.15) is 0 Å². The van der Waals surface area contributed by atoms with Crippen LogP contribution in [0.25, 0.3) is 0 Å². The van der Waals surface area contributed by atoms with Crippen LogP contribution in [0.3, 0.4) is 0 Å². The molecule has 0 aliphatic carbocycles. The second-order valence-corrected chi connectivity index (χ2v) is 6.73. The summed E-state index contributed by atoms with van der Waals surface area (Å²) in [6, 6.07) is 6.11. The smallest absolute Gasteiger partial charge is 0.253 e. The number of hydrogen-bond donors (Lipinski definition) is 2. The van der Waals surface area contributed by atoms with Gasteiger partial charge in [-0.15, -0.1) is 0 Å². The summed E-state index contributed by atoms with van der Waals surface area (Å²) in [5.74, 6) is -0.143. The van der Waals surface area contributed by atoms with E-state index in [1.165, 1.54) is 19.2 Å². The number of ether oxygens (including phenoxy) is 1. The molecule has 1 amide bonds. The molecule has 0 bridgehead atoms. The van der Waals surface area contributed by atoms with Crippen molar-refractivity contribution in [3.63, 3.8) is 0 Å². The predicted molar refractivity (Wildman–Crippen MR) is 82.3 cm³/mol. The van der Waals surface area contributed by atoms with Crippen molar-refractivity contribution in [2.24, 2.45) is 0 Å². The predicted octanol–water partition coefficient (Wildman–Crippen LogP) is -0.343. The molecule has 0 radical (unpaired) electrons. The van der Waals surface area contributed by atoms with Gasteiger partial charge in [0.25, 0.3) is 5.91 Å². The Balaban J connectivity index is 2.13. The molecule has 1 aliphatic heterocycles. The topological polar surface area (TPSA) is 87.7 Å². The largest absolute Gasteiger partial charge is 0.383 e. The summed E-state index contributed by atoms with van der Waals surface area (Å²) < 4.78 is 31.6. The van der Waals surface area contributed by atoms with Gasteiger partial charge in [0.2, 0.25) is 10.0 Å². The quantitative estimate of drug-likeness (QED) is 0.698. The molecule has 0 atom stereocenters. The SMILES string of the molecule is COCCNS(=O)(=O)c1cccc(C(=O)N2CCNCC2)c1. The Morgan fingerprint density at radius 3 is 2.77 bits per heavy atom. The second kappa shape index (κ2) is 7.68. The Bertz CT molecular complexity index is 612. The molecule has 8 heteroatoms. The monoisotopic (exact) mass is 327 g/mol. The van der Waals surface area contributed by atoms with Crippen molar-refractivity contribution in [1.29, 1.82) is 0 Å². The van der Waals surface area contributed by atoms with E-state index in [4.69, 9.17) is 4.74 Å². The number of piperazine rings is 1. The van der Waals surface area contributed by atoms with Crippen LogP contribution in [0.2, 0.25) is 0 Å². The van der Waals surface area contributed by atoms with Crippen LogP contribution in [-0.2, 0) is 14.8 Å². The molecule has 1 aromatic carbocycles. The standard InChI is InChI=1S/C14H21N3O4S/c1-21-10-7-16-22(19,20)13-4-2-3-12(11-13)14(18)17-8-5-15-6-9-17/h2-4,11,15-16H,5-10H2,1H3. The van der Waals surface area contributed by atoms with E-state index in [9.17, 15) is 13.2 Å². The Morgan fingerprint density at radius 1 is 1.36 bits per heavy atom. The molecule has 1 aromatic rings. The summed E-state index contributed by atoms with van der Waals surface area (Å²) in [5, 5.41) is 3.17. The van der Waals surface area contributed by atoms with Gasteiger partial charge >= 0.3 is 0 Å². The normalized spacial score (nSPS) is 15.8. The van der Waals surface area contributed by atoms with E-state index in [-0.39, 0.29) is 17.3 Å². The molecule has 0 spiro atoms. The first kappa shape index (κ1) is 16.9. The van der Waals surface area contributed by atoms with Crippen molar-refractivity contribution in [3.8, 4) is 0 Å². The molecule has 1 fully saturated rings. The van der Waals surface area contributed by atoms with Crippen molar-refractivity contribution in [1.82, 2.24) is 14.9 Å². The van der Waals surface area contributed by atoms with Crippen LogP contribution in [0.1, 0.15) is 10.4 Å². The van der Waals surface area contributed by atoms with Crippen LogP contribution in [0.15, 0.2) is 29.2 Å². The van der Waals surface area contributed by atoms with Crippen molar-refractivity contribution in [2.75, 3.05) is 46.4 Å². The zero-order valence-electron chi connectivity index (χ0n) is 12.5. The number of carbonyl (C=O) groups excluding carboxylic acids is 1. The summed E-state index contributed by atoms with van der Waals surface area (Å²) in [6.07, 6.45) is 0. The lowest BCUT2D eigenvalue weighted by Crippen LogP contribution is -2.46.